The largest absolute Gasteiger partial charge is 0.253 e. The molecular weight excluding hydrogens is 310 g/mol. The van der Waals surface area contributed by atoms with E-state index in [0.717, 1.165) is 37.5 Å². The molecule has 0 saturated heterocycles. The summed E-state index contributed by atoms with van der Waals surface area (Å²) in [6.07, 6.45) is 5.07. The number of hydrogen-bond acceptors (Lipinski definition) is 4. The highest BCUT2D eigenvalue weighted by molar-refractivity contribution is 8.04. The molecule has 5 nitrogen and oxygen atoms in total. The summed E-state index contributed by atoms with van der Waals surface area (Å²) in [5.41, 5.74) is 1.09. The molecule has 0 atom stereocenters. The van der Waals surface area contributed by atoms with Gasteiger partial charge in [-0.3, -0.25) is 0 Å². The van der Waals surface area contributed by atoms with Gasteiger partial charge in [0.1, 0.15) is 0 Å². The highest BCUT2D eigenvalue weighted by atomic mass is 32.3. The summed E-state index contributed by atoms with van der Waals surface area (Å²) in [4.78, 5) is -0.0385. The van der Waals surface area contributed by atoms with Gasteiger partial charge < -0.3 is 0 Å². The molecule has 0 amide bonds. The lowest BCUT2D eigenvalue weighted by Crippen LogP contribution is -2.29. The van der Waals surface area contributed by atoms with Crippen molar-refractivity contribution in [2.45, 2.75) is 50.3 Å². The number of nitrogens with one attached hydrogen (secondary N) is 1. The van der Waals surface area contributed by atoms with Crippen LogP contribution in [-0.2, 0) is 20.0 Å². The average Bonchev–Trinajstić information content (AvgIpc) is 2.36. The molecule has 1 N–H and O–H groups in total. The molecular formula is C14H23NO4S2. The lowest BCUT2D eigenvalue weighted by atomic mass is 9.90. The van der Waals surface area contributed by atoms with Crippen LogP contribution in [-0.4, -0.2) is 23.1 Å². The molecule has 0 saturated carbocycles. The molecule has 21 heavy (non-hydrogen) atoms. The van der Waals surface area contributed by atoms with Gasteiger partial charge in [-0.1, -0.05) is 38.8 Å². The second-order valence-corrected chi connectivity index (χ2v) is 8.89. The minimum Gasteiger partial charge on any atom is -0.212 e. The quantitative estimate of drug-likeness (QED) is 0.793. The molecule has 0 aliphatic rings. The van der Waals surface area contributed by atoms with E-state index in [1.165, 1.54) is 12.1 Å². The van der Waals surface area contributed by atoms with Gasteiger partial charge in [0, 0.05) is 0 Å². The van der Waals surface area contributed by atoms with E-state index in [1.54, 1.807) is 16.3 Å². The van der Waals surface area contributed by atoms with Crippen LogP contribution in [0.25, 0.3) is 0 Å². The molecule has 0 aliphatic carbocycles. The van der Waals surface area contributed by atoms with E-state index >= 15 is 0 Å². The van der Waals surface area contributed by atoms with Crippen molar-refractivity contribution >= 4 is 20.0 Å². The van der Waals surface area contributed by atoms with Crippen molar-refractivity contribution < 1.29 is 16.8 Å². The Hall–Kier alpha value is -0.920. The zero-order chi connectivity index (χ0) is 16.1. The molecule has 0 aliphatic heterocycles. The maximum atomic E-state index is 11.9. The molecule has 7 heteroatoms. The highest BCUT2D eigenvalue weighted by Gasteiger charge is 2.19. The predicted octanol–water partition coefficient (Wildman–Crippen LogP) is 2.61. The van der Waals surface area contributed by atoms with Gasteiger partial charge in [-0.2, -0.15) is 0 Å². The summed E-state index contributed by atoms with van der Waals surface area (Å²) < 4.78 is 47.6. The molecule has 0 aromatic heterocycles. The van der Waals surface area contributed by atoms with Gasteiger partial charge in [0.2, 0.25) is 10.0 Å². The first-order valence-electron chi connectivity index (χ1n) is 7.03. The molecule has 0 bridgehead atoms. The molecule has 0 radical (unpaired) electrons. The second-order valence-electron chi connectivity index (χ2n) is 5.20. The normalized spacial score (nSPS) is 12.8. The van der Waals surface area contributed by atoms with Crippen LogP contribution in [0.15, 0.2) is 29.2 Å². The first kappa shape index (κ1) is 18.1. The molecule has 0 heterocycles. The number of benzene rings is 1. The standard InChI is InChI=1S/C14H23NO4S2/c1-4-6-12(7-5-2)13-8-10-14(11-9-13)21(18,19)15-20(3,16)17/h8-12,15H,4-7H2,1-3H3. The summed E-state index contributed by atoms with van der Waals surface area (Å²) in [6, 6.07) is 6.46. The van der Waals surface area contributed by atoms with Gasteiger partial charge in [-0.05, 0) is 36.5 Å². The fourth-order valence-electron chi connectivity index (χ4n) is 2.34. The van der Waals surface area contributed by atoms with Crippen molar-refractivity contribution in [2.75, 3.05) is 6.26 Å². The third kappa shape index (κ3) is 5.76. The second kappa shape index (κ2) is 7.38. The first-order chi connectivity index (χ1) is 9.69. The Labute approximate surface area is 127 Å². The van der Waals surface area contributed by atoms with Gasteiger partial charge in [-0.25, -0.2) is 16.8 Å². The van der Waals surface area contributed by atoms with Gasteiger partial charge >= 0.3 is 0 Å². The van der Waals surface area contributed by atoms with Crippen LogP contribution < -0.4 is 4.13 Å². The third-order valence-electron chi connectivity index (χ3n) is 3.20. The van der Waals surface area contributed by atoms with Gasteiger partial charge in [0.25, 0.3) is 10.0 Å². The van der Waals surface area contributed by atoms with Crippen LogP contribution >= 0.6 is 0 Å². The monoisotopic (exact) mass is 333 g/mol. The van der Waals surface area contributed by atoms with Crippen LogP contribution in [0.1, 0.15) is 51.0 Å². The van der Waals surface area contributed by atoms with Crippen LogP contribution in [0.3, 0.4) is 0 Å². The predicted molar refractivity (Wildman–Crippen MR) is 84.2 cm³/mol. The molecule has 0 spiro atoms. The van der Waals surface area contributed by atoms with Crippen LogP contribution in [0.4, 0.5) is 0 Å². The Morgan fingerprint density at radius 1 is 0.952 bits per heavy atom. The summed E-state index contributed by atoms with van der Waals surface area (Å²) in [6.45, 7) is 4.25. The van der Waals surface area contributed by atoms with Crippen LogP contribution in [0.2, 0.25) is 0 Å². The minimum absolute atomic E-state index is 0.0385. The van der Waals surface area contributed by atoms with E-state index in [0.29, 0.717) is 5.92 Å². The molecule has 1 aromatic carbocycles. The van der Waals surface area contributed by atoms with Crippen molar-refractivity contribution in [2.24, 2.45) is 0 Å². The van der Waals surface area contributed by atoms with E-state index in [4.69, 9.17) is 0 Å². The minimum atomic E-state index is -4.02. The maximum absolute atomic E-state index is 11.9. The molecule has 1 aromatic rings. The van der Waals surface area contributed by atoms with Gasteiger partial charge in [0.05, 0.1) is 11.2 Å². The van der Waals surface area contributed by atoms with Crippen LogP contribution in [0, 0.1) is 0 Å². The number of rotatable bonds is 8. The zero-order valence-corrected chi connectivity index (χ0v) is 14.3. The smallest absolute Gasteiger partial charge is 0.212 e. The Bertz CT molecular complexity index is 643. The molecule has 1 rings (SSSR count). The fraction of sp³-hybridized carbons (Fsp3) is 0.571. The summed E-state index contributed by atoms with van der Waals surface area (Å²) in [7, 11) is -7.83. The van der Waals surface area contributed by atoms with E-state index < -0.39 is 20.0 Å². The fourth-order valence-corrected chi connectivity index (χ4v) is 4.81. The van der Waals surface area contributed by atoms with Crippen molar-refractivity contribution in [3.8, 4) is 0 Å². The zero-order valence-electron chi connectivity index (χ0n) is 12.7. The summed E-state index contributed by atoms with van der Waals surface area (Å²) in [5.74, 6) is 0.416. The lowest BCUT2D eigenvalue weighted by molar-refractivity contribution is 0.560. The summed E-state index contributed by atoms with van der Waals surface area (Å²) >= 11 is 0. The van der Waals surface area contributed by atoms with Crippen molar-refractivity contribution in [1.29, 1.82) is 0 Å². The van der Waals surface area contributed by atoms with E-state index in [2.05, 4.69) is 13.8 Å². The Morgan fingerprint density at radius 3 is 1.81 bits per heavy atom. The molecule has 0 unspecified atom stereocenters. The van der Waals surface area contributed by atoms with Crippen LogP contribution in [0.5, 0.6) is 0 Å². The van der Waals surface area contributed by atoms with E-state index in [9.17, 15) is 16.8 Å². The summed E-state index contributed by atoms with van der Waals surface area (Å²) in [5, 5.41) is 0. The van der Waals surface area contributed by atoms with E-state index in [1.807, 2.05) is 0 Å². The molecule has 0 fully saturated rings. The average molecular weight is 333 g/mol. The van der Waals surface area contributed by atoms with Crippen molar-refractivity contribution in [3.05, 3.63) is 29.8 Å². The Morgan fingerprint density at radius 2 is 1.43 bits per heavy atom. The van der Waals surface area contributed by atoms with Gasteiger partial charge in [-0.15, -0.1) is 4.13 Å². The SMILES string of the molecule is CCCC(CCC)c1ccc(S(=O)(=O)NS(C)(=O)=O)cc1. The Balaban J connectivity index is 3.01. The lowest BCUT2D eigenvalue weighted by Gasteiger charge is -2.16. The first-order valence-corrected chi connectivity index (χ1v) is 10.4. The maximum Gasteiger partial charge on any atom is 0.253 e. The number of hydrogen-bond donors (Lipinski definition) is 1. The van der Waals surface area contributed by atoms with Gasteiger partial charge in [0.15, 0.2) is 0 Å². The van der Waals surface area contributed by atoms with E-state index in [-0.39, 0.29) is 4.90 Å². The topological polar surface area (TPSA) is 80.3 Å². The highest BCUT2D eigenvalue weighted by Crippen LogP contribution is 2.27. The molecule has 120 valence electrons. The van der Waals surface area contributed by atoms with Crippen molar-refractivity contribution in [3.63, 3.8) is 0 Å². The third-order valence-corrected chi connectivity index (χ3v) is 6.18. The number of sulfonamides is 2. The van der Waals surface area contributed by atoms with Crippen molar-refractivity contribution in [1.82, 2.24) is 4.13 Å². The Kier molecular flexibility index (Phi) is 6.37.